The molecule has 0 saturated carbocycles. The third kappa shape index (κ3) is 3.41. The van der Waals surface area contributed by atoms with Crippen molar-refractivity contribution in [1.82, 2.24) is 5.32 Å². The van der Waals surface area contributed by atoms with E-state index in [1.54, 1.807) is 0 Å². The number of amides is 1. The molecule has 0 aliphatic carbocycles. The summed E-state index contributed by atoms with van der Waals surface area (Å²) in [6, 6.07) is 11.1. The lowest BCUT2D eigenvalue weighted by Gasteiger charge is -2.38. The van der Waals surface area contributed by atoms with Gasteiger partial charge in [0.05, 0.1) is 6.04 Å². The smallest absolute Gasteiger partial charge is 0.252 e. The van der Waals surface area contributed by atoms with E-state index in [2.05, 4.69) is 21.2 Å². The summed E-state index contributed by atoms with van der Waals surface area (Å²) >= 11 is 3.43. The highest BCUT2D eigenvalue weighted by Crippen LogP contribution is 2.40. The van der Waals surface area contributed by atoms with E-state index in [1.807, 2.05) is 57.2 Å². The van der Waals surface area contributed by atoms with Gasteiger partial charge in [-0.1, -0.05) is 15.9 Å². The number of hydrogen-bond acceptors (Lipinski definition) is 3. The van der Waals surface area contributed by atoms with Crippen molar-refractivity contribution in [2.75, 3.05) is 5.73 Å². The van der Waals surface area contributed by atoms with Gasteiger partial charge in [0.15, 0.2) is 0 Å². The third-order valence-electron chi connectivity index (χ3n) is 4.23. The zero-order valence-corrected chi connectivity index (χ0v) is 15.6. The Balaban J connectivity index is 1.91. The monoisotopic (exact) mass is 388 g/mol. The maximum Gasteiger partial charge on any atom is 0.252 e. The fraction of sp³-hybridized carbons (Fsp3) is 0.316. The van der Waals surface area contributed by atoms with E-state index in [9.17, 15) is 4.79 Å². The molecule has 0 saturated heterocycles. The number of nitrogens with one attached hydrogen (secondary N) is 1. The summed E-state index contributed by atoms with van der Waals surface area (Å²) in [5.74, 6) is 0.689. The third-order valence-corrected chi connectivity index (χ3v) is 4.72. The number of carbonyl (C=O) groups excluding carboxylic acids is 1. The molecule has 0 bridgehead atoms. The van der Waals surface area contributed by atoms with E-state index in [4.69, 9.17) is 10.5 Å². The molecular formula is C19H21BrN2O2. The van der Waals surface area contributed by atoms with Crippen molar-refractivity contribution in [3.05, 3.63) is 57.6 Å². The Bertz CT molecular complexity index is 802. The van der Waals surface area contributed by atoms with Crippen molar-refractivity contribution in [2.24, 2.45) is 0 Å². The Morgan fingerprint density at radius 2 is 2.04 bits per heavy atom. The predicted molar refractivity (Wildman–Crippen MR) is 99.3 cm³/mol. The minimum Gasteiger partial charge on any atom is -0.487 e. The van der Waals surface area contributed by atoms with Crippen LogP contribution in [0, 0.1) is 6.92 Å². The molecule has 0 spiro atoms. The van der Waals surface area contributed by atoms with Gasteiger partial charge in [0.1, 0.15) is 11.4 Å². The van der Waals surface area contributed by atoms with Crippen molar-refractivity contribution < 1.29 is 9.53 Å². The Morgan fingerprint density at radius 1 is 1.29 bits per heavy atom. The number of halogens is 1. The standard InChI is InChI=1S/C19H21BrN2O2/c1-11-8-12(20)4-6-14(11)18(23)22-16-10-19(2,3)24-17-7-5-13(21)9-15(16)17/h4-9,16H,10,21H2,1-3H3,(H,22,23). The maximum atomic E-state index is 12.8. The summed E-state index contributed by atoms with van der Waals surface area (Å²) < 4.78 is 6.98. The van der Waals surface area contributed by atoms with Crippen LogP contribution >= 0.6 is 15.9 Å². The minimum absolute atomic E-state index is 0.0870. The van der Waals surface area contributed by atoms with Crippen LogP contribution in [-0.2, 0) is 0 Å². The second-order valence-corrected chi connectivity index (χ2v) is 7.76. The van der Waals surface area contributed by atoms with Crippen LogP contribution in [0.3, 0.4) is 0 Å². The number of fused-ring (bicyclic) bond motifs is 1. The number of nitrogens with two attached hydrogens (primary N) is 1. The second-order valence-electron chi connectivity index (χ2n) is 6.85. The lowest BCUT2D eigenvalue weighted by atomic mass is 9.89. The van der Waals surface area contributed by atoms with Crippen LogP contribution in [0.15, 0.2) is 40.9 Å². The van der Waals surface area contributed by atoms with Gasteiger partial charge < -0.3 is 15.8 Å². The van der Waals surface area contributed by atoms with Crippen molar-refractivity contribution in [3.63, 3.8) is 0 Å². The number of hydrogen-bond donors (Lipinski definition) is 2. The average molecular weight is 389 g/mol. The first-order valence-corrected chi connectivity index (χ1v) is 8.70. The molecule has 3 rings (SSSR count). The first kappa shape index (κ1) is 16.8. The zero-order valence-electron chi connectivity index (χ0n) is 14.0. The molecule has 1 unspecified atom stereocenters. The topological polar surface area (TPSA) is 64.3 Å². The Hall–Kier alpha value is -2.01. The first-order valence-electron chi connectivity index (χ1n) is 7.91. The summed E-state index contributed by atoms with van der Waals surface area (Å²) in [5.41, 5.74) is 8.77. The van der Waals surface area contributed by atoms with Crippen molar-refractivity contribution in [1.29, 1.82) is 0 Å². The first-order chi connectivity index (χ1) is 11.2. The molecule has 1 heterocycles. The molecule has 1 atom stereocenters. The lowest BCUT2D eigenvalue weighted by Crippen LogP contribution is -2.41. The molecule has 0 radical (unpaired) electrons. The van der Waals surface area contributed by atoms with E-state index in [0.717, 1.165) is 21.3 Å². The molecule has 24 heavy (non-hydrogen) atoms. The molecule has 0 aromatic heterocycles. The van der Waals surface area contributed by atoms with Crippen molar-refractivity contribution in [2.45, 2.75) is 38.8 Å². The Morgan fingerprint density at radius 3 is 2.75 bits per heavy atom. The van der Waals surface area contributed by atoms with Crippen molar-refractivity contribution in [3.8, 4) is 5.75 Å². The van der Waals surface area contributed by atoms with Gasteiger partial charge in [0.2, 0.25) is 0 Å². The molecule has 1 amide bonds. The summed E-state index contributed by atoms with van der Waals surface area (Å²) in [6.45, 7) is 5.98. The second kappa shape index (κ2) is 6.13. The van der Waals surface area contributed by atoms with Gasteiger partial charge in [-0.25, -0.2) is 0 Å². The highest BCUT2D eigenvalue weighted by Gasteiger charge is 2.34. The number of benzene rings is 2. The summed E-state index contributed by atoms with van der Waals surface area (Å²) in [4.78, 5) is 12.8. The van der Waals surface area contributed by atoms with E-state index < -0.39 is 0 Å². The van der Waals surface area contributed by atoms with E-state index >= 15 is 0 Å². The van der Waals surface area contributed by atoms with Crippen LogP contribution in [-0.4, -0.2) is 11.5 Å². The molecule has 1 aliphatic rings. The van der Waals surface area contributed by atoms with Crippen LogP contribution in [0.2, 0.25) is 0 Å². The molecule has 5 heteroatoms. The fourth-order valence-corrected chi connectivity index (χ4v) is 3.60. The number of ether oxygens (including phenoxy) is 1. The molecule has 126 valence electrons. The van der Waals surface area contributed by atoms with Crippen LogP contribution in [0.1, 0.15) is 47.8 Å². The SMILES string of the molecule is Cc1cc(Br)ccc1C(=O)NC1CC(C)(C)Oc2ccc(N)cc21. The molecular weight excluding hydrogens is 368 g/mol. The largest absolute Gasteiger partial charge is 0.487 e. The lowest BCUT2D eigenvalue weighted by molar-refractivity contribution is 0.0620. The number of anilines is 1. The minimum atomic E-state index is -0.351. The number of carbonyl (C=O) groups is 1. The van der Waals surface area contributed by atoms with Crippen LogP contribution in [0.25, 0.3) is 0 Å². The van der Waals surface area contributed by atoms with Crippen LogP contribution in [0.5, 0.6) is 5.75 Å². The molecule has 3 N–H and O–H groups in total. The average Bonchev–Trinajstić information content (AvgIpc) is 2.47. The molecule has 2 aromatic rings. The van der Waals surface area contributed by atoms with E-state index in [-0.39, 0.29) is 17.6 Å². The van der Waals surface area contributed by atoms with Gasteiger partial charge in [0, 0.05) is 27.7 Å². The van der Waals surface area contributed by atoms with E-state index in [0.29, 0.717) is 17.7 Å². The fourth-order valence-electron chi connectivity index (χ4n) is 3.12. The summed E-state index contributed by atoms with van der Waals surface area (Å²) in [7, 11) is 0. The molecule has 1 aliphatic heterocycles. The molecule has 2 aromatic carbocycles. The van der Waals surface area contributed by atoms with Gasteiger partial charge in [-0.3, -0.25) is 4.79 Å². The van der Waals surface area contributed by atoms with Crippen LogP contribution in [0.4, 0.5) is 5.69 Å². The summed E-state index contributed by atoms with van der Waals surface area (Å²) in [6.07, 6.45) is 0.685. The van der Waals surface area contributed by atoms with Crippen LogP contribution < -0.4 is 15.8 Å². The van der Waals surface area contributed by atoms with E-state index in [1.165, 1.54) is 0 Å². The number of aryl methyl sites for hydroxylation is 1. The maximum absolute atomic E-state index is 12.8. The quantitative estimate of drug-likeness (QED) is 0.750. The van der Waals surface area contributed by atoms with Gasteiger partial charge >= 0.3 is 0 Å². The van der Waals surface area contributed by atoms with Crippen molar-refractivity contribution >= 4 is 27.5 Å². The Labute approximate surface area is 150 Å². The Kier molecular flexibility index (Phi) is 4.30. The van der Waals surface area contributed by atoms with Gasteiger partial charge in [-0.2, -0.15) is 0 Å². The normalized spacial score (nSPS) is 18.4. The highest BCUT2D eigenvalue weighted by molar-refractivity contribution is 9.10. The van der Waals surface area contributed by atoms with Gasteiger partial charge in [-0.15, -0.1) is 0 Å². The molecule has 4 nitrogen and oxygen atoms in total. The summed E-state index contributed by atoms with van der Waals surface area (Å²) in [5, 5.41) is 3.14. The number of rotatable bonds is 2. The molecule has 0 fully saturated rings. The van der Waals surface area contributed by atoms with Gasteiger partial charge in [0.25, 0.3) is 5.91 Å². The van der Waals surface area contributed by atoms with Gasteiger partial charge in [-0.05, 0) is 62.7 Å². The zero-order chi connectivity index (χ0) is 17.5. The number of nitrogen functional groups attached to an aromatic ring is 1. The highest BCUT2D eigenvalue weighted by atomic mass is 79.9. The predicted octanol–water partition coefficient (Wildman–Crippen LogP) is 4.37.